The maximum atomic E-state index is 12.0. The Hall–Kier alpha value is -2.18. The molecule has 2 rings (SSSR count). The SMILES string of the molecule is COCCNCCNC(=O)Cc1nc(-c2ccccc2)oc1C. The van der Waals surface area contributed by atoms with Crippen molar-refractivity contribution in [2.24, 2.45) is 0 Å². The van der Waals surface area contributed by atoms with Crippen molar-refractivity contribution in [2.75, 3.05) is 33.4 Å². The Bertz CT molecular complexity index is 611. The molecule has 6 nitrogen and oxygen atoms in total. The van der Waals surface area contributed by atoms with Gasteiger partial charge < -0.3 is 19.8 Å². The molecule has 0 unspecified atom stereocenters. The summed E-state index contributed by atoms with van der Waals surface area (Å²) >= 11 is 0. The summed E-state index contributed by atoms with van der Waals surface area (Å²) in [6.45, 7) is 4.55. The number of aromatic nitrogens is 1. The molecule has 0 saturated heterocycles. The van der Waals surface area contributed by atoms with Gasteiger partial charge in [-0.15, -0.1) is 0 Å². The first-order valence-electron chi connectivity index (χ1n) is 7.68. The topological polar surface area (TPSA) is 76.4 Å². The van der Waals surface area contributed by atoms with Crippen LogP contribution in [-0.2, 0) is 16.0 Å². The Labute approximate surface area is 136 Å². The van der Waals surface area contributed by atoms with Gasteiger partial charge in [0.05, 0.1) is 18.7 Å². The molecule has 2 N–H and O–H groups in total. The molecule has 0 saturated carbocycles. The number of rotatable bonds is 9. The van der Waals surface area contributed by atoms with Crippen molar-refractivity contribution >= 4 is 5.91 Å². The van der Waals surface area contributed by atoms with Crippen molar-refractivity contribution in [1.82, 2.24) is 15.6 Å². The van der Waals surface area contributed by atoms with E-state index in [2.05, 4.69) is 15.6 Å². The lowest BCUT2D eigenvalue weighted by Gasteiger charge is -2.05. The van der Waals surface area contributed by atoms with E-state index in [9.17, 15) is 4.79 Å². The van der Waals surface area contributed by atoms with Gasteiger partial charge in [0.2, 0.25) is 11.8 Å². The smallest absolute Gasteiger partial charge is 0.226 e. The Morgan fingerprint density at radius 3 is 2.74 bits per heavy atom. The molecule has 1 heterocycles. The molecule has 23 heavy (non-hydrogen) atoms. The zero-order valence-electron chi connectivity index (χ0n) is 13.6. The Morgan fingerprint density at radius 2 is 2.00 bits per heavy atom. The number of nitrogens with zero attached hydrogens (tertiary/aromatic N) is 1. The number of ether oxygens (including phenoxy) is 1. The van der Waals surface area contributed by atoms with E-state index in [4.69, 9.17) is 9.15 Å². The van der Waals surface area contributed by atoms with Gasteiger partial charge in [-0.1, -0.05) is 18.2 Å². The zero-order chi connectivity index (χ0) is 16.5. The number of oxazole rings is 1. The van der Waals surface area contributed by atoms with Gasteiger partial charge in [0, 0.05) is 32.3 Å². The predicted octanol–water partition coefficient (Wildman–Crippen LogP) is 1.54. The van der Waals surface area contributed by atoms with Crippen LogP contribution in [0.4, 0.5) is 0 Å². The largest absolute Gasteiger partial charge is 0.441 e. The summed E-state index contributed by atoms with van der Waals surface area (Å²) in [5.41, 5.74) is 1.58. The molecule has 0 bridgehead atoms. The van der Waals surface area contributed by atoms with Gasteiger partial charge in [0.25, 0.3) is 0 Å². The third-order valence-electron chi connectivity index (χ3n) is 3.35. The fraction of sp³-hybridized carbons (Fsp3) is 0.412. The second-order valence-corrected chi connectivity index (χ2v) is 5.16. The minimum atomic E-state index is -0.0606. The molecule has 0 aliphatic heterocycles. The van der Waals surface area contributed by atoms with Crippen molar-refractivity contribution in [3.8, 4) is 11.5 Å². The molecule has 0 fully saturated rings. The van der Waals surface area contributed by atoms with Gasteiger partial charge in [0.15, 0.2) is 0 Å². The lowest BCUT2D eigenvalue weighted by atomic mass is 10.2. The van der Waals surface area contributed by atoms with Crippen molar-refractivity contribution in [3.05, 3.63) is 41.8 Å². The summed E-state index contributed by atoms with van der Waals surface area (Å²) in [6.07, 6.45) is 0.222. The van der Waals surface area contributed by atoms with Crippen LogP contribution >= 0.6 is 0 Å². The number of carbonyl (C=O) groups excluding carboxylic acids is 1. The second-order valence-electron chi connectivity index (χ2n) is 5.16. The highest BCUT2D eigenvalue weighted by Crippen LogP contribution is 2.21. The summed E-state index contributed by atoms with van der Waals surface area (Å²) in [5, 5.41) is 6.03. The fourth-order valence-corrected chi connectivity index (χ4v) is 2.10. The van der Waals surface area contributed by atoms with Crippen LogP contribution in [0.1, 0.15) is 11.5 Å². The number of hydrogen-bond donors (Lipinski definition) is 2. The predicted molar refractivity (Wildman–Crippen MR) is 88.1 cm³/mol. The fourth-order valence-electron chi connectivity index (χ4n) is 2.10. The van der Waals surface area contributed by atoms with Crippen molar-refractivity contribution < 1.29 is 13.9 Å². The molecule has 1 aromatic heterocycles. The third-order valence-corrected chi connectivity index (χ3v) is 3.35. The summed E-state index contributed by atoms with van der Waals surface area (Å²) in [4.78, 5) is 16.4. The van der Waals surface area contributed by atoms with E-state index in [1.807, 2.05) is 37.3 Å². The average molecular weight is 317 g/mol. The quantitative estimate of drug-likeness (QED) is 0.686. The first-order chi connectivity index (χ1) is 11.2. The molecule has 2 aromatic rings. The van der Waals surface area contributed by atoms with Gasteiger partial charge in [-0.05, 0) is 19.1 Å². The number of aryl methyl sites for hydroxylation is 1. The molecule has 1 amide bonds. The van der Waals surface area contributed by atoms with Gasteiger partial charge in [-0.25, -0.2) is 4.98 Å². The standard InChI is InChI=1S/C17H23N3O3/c1-13-15(12-16(21)19-9-8-18-10-11-22-2)20-17(23-13)14-6-4-3-5-7-14/h3-7,18H,8-12H2,1-2H3,(H,19,21). The van der Waals surface area contributed by atoms with E-state index in [1.54, 1.807) is 7.11 Å². The maximum absolute atomic E-state index is 12.0. The van der Waals surface area contributed by atoms with Gasteiger partial charge in [-0.3, -0.25) is 4.79 Å². The van der Waals surface area contributed by atoms with Gasteiger partial charge in [-0.2, -0.15) is 0 Å². The van der Waals surface area contributed by atoms with E-state index in [-0.39, 0.29) is 12.3 Å². The molecular formula is C17H23N3O3. The van der Waals surface area contributed by atoms with Gasteiger partial charge in [0.1, 0.15) is 5.76 Å². The summed E-state index contributed by atoms with van der Waals surface area (Å²) in [5.74, 6) is 1.17. The van der Waals surface area contributed by atoms with Crippen LogP contribution in [0.2, 0.25) is 0 Å². The zero-order valence-corrected chi connectivity index (χ0v) is 13.6. The van der Waals surface area contributed by atoms with E-state index in [0.29, 0.717) is 37.0 Å². The van der Waals surface area contributed by atoms with Crippen molar-refractivity contribution in [2.45, 2.75) is 13.3 Å². The minimum Gasteiger partial charge on any atom is -0.441 e. The molecule has 124 valence electrons. The van der Waals surface area contributed by atoms with Crippen molar-refractivity contribution in [3.63, 3.8) is 0 Å². The van der Waals surface area contributed by atoms with E-state index in [0.717, 1.165) is 12.1 Å². The van der Waals surface area contributed by atoms with E-state index in [1.165, 1.54) is 0 Å². The van der Waals surface area contributed by atoms with Gasteiger partial charge >= 0.3 is 0 Å². The molecule has 0 atom stereocenters. The highest BCUT2D eigenvalue weighted by molar-refractivity contribution is 5.78. The third kappa shape index (κ3) is 5.50. The maximum Gasteiger partial charge on any atom is 0.226 e. The molecule has 0 spiro atoms. The molecule has 0 aliphatic rings. The normalized spacial score (nSPS) is 10.7. The lowest BCUT2D eigenvalue weighted by Crippen LogP contribution is -2.34. The lowest BCUT2D eigenvalue weighted by molar-refractivity contribution is -0.120. The summed E-state index contributed by atoms with van der Waals surface area (Å²) < 4.78 is 10.6. The summed E-state index contributed by atoms with van der Waals surface area (Å²) in [7, 11) is 1.66. The number of hydrogen-bond acceptors (Lipinski definition) is 5. The van der Waals surface area contributed by atoms with Crippen LogP contribution in [0.25, 0.3) is 11.5 Å². The van der Waals surface area contributed by atoms with E-state index >= 15 is 0 Å². The number of amides is 1. The number of carbonyl (C=O) groups is 1. The number of methoxy groups -OCH3 is 1. The minimum absolute atomic E-state index is 0.0606. The highest BCUT2D eigenvalue weighted by Gasteiger charge is 2.14. The first kappa shape index (κ1) is 17.2. The number of nitrogens with one attached hydrogen (secondary N) is 2. The molecule has 0 aliphatic carbocycles. The van der Waals surface area contributed by atoms with Crippen LogP contribution in [0.15, 0.2) is 34.7 Å². The summed E-state index contributed by atoms with van der Waals surface area (Å²) in [6, 6.07) is 9.66. The molecule has 6 heteroatoms. The monoisotopic (exact) mass is 317 g/mol. The molecule has 0 radical (unpaired) electrons. The second kappa shape index (κ2) is 9.07. The van der Waals surface area contributed by atoms with Crippen molar-refractivity contribution in [1.29, 1.82) is 0 Å². The van der Waals surface area contributed by atoms with Crippen LogP contribution in [-0.4, -0.2) is 44.2 Å². The number of benzene rings is 1. The van der Waals surface area contributed by atoms with Crippen LogP contribution in [0, 0.1) is 6.92 Å². The molecular weight excluding hydrogens is 294 g/mol. The highest BCUT2D eigenvalue weighted by atomic mass is 16.5. The Morgan fingerprint density at radius 1 is 1.22 bits per heavy atom. The Kier molecular flexibility index (Phi) is 6.77. The van der Waals surface area contributed by atoms with E-state index < -0.39 is 0 Å². The van der Waals surface area contributed by atoms with Crippen LogP contribution < -0.4 is 10.6 Å². The first-order valence-corrected chi connectivity index (χ1v) is 7.68. The van der Waals surface area contributed by atoms with Crippen LogP contribution in [0.3, 0.4) is 0 Å². The Balaban J connectivity index is 1.81. The average Bonchev–Trinajstić information content (AvgIpc) is 2.92. The molecule has 1 aromatic carbocycles. The van der Waals surface area contributed by atoms with Crippen LogP contribution in [0.5, 0.6) is 0 Å².